The van der Waals surface area contributed by atoms with Gasteiger partial charge in [-0.25, -0.2) is 0 Å². The third-order valence-electron chi connectivity index (χ3n) is 3.20. The number of allylic oxidation sites excluding steroid dienone is 3. The van der Waals surface area contributed by atoms with Gasteiger partial charge < -0.3 is 0 Å². The smallest absolute Gasteiger partial charge is 0.174 e. The van der Waals surface area contributed by atoms with Crippen molar-refractivity contribution in [3.05, 3.63) is 35.5 Å². The highest BCUT2D eigenvalue weighted by atomic mass is 19.3. The summed E-state index contributed by atoms with van der Waals surface area (Å²) in [7, 11) is 0. The summed E-state index contributed by atoms with van der Waals surface area (Å²) in [5.41, 5.74) is -0.308. The van der Waals surface area contributed by atoms with Crippen molar-refractivity contribution in [1.82, 2.24) is 0 Å². The number of hydrogen-bond acceptors (Lipinski definition) is 0. The molecule has 0 spiro atoms. The van der Waals surface area contributed by atoms with Crippen LogP contribution >= 0.6 is 0 Å². The number of halogens is 6. The zero-order valence-corrected chi connectivity index (χ0v) is 17.5. The van der Waals surface area contributed by atoms with Gasteiger partial charge in [0.25, 0.3) is 18.2 Å². The largest absolute Gasteiger partial charge is 0.269 e. The minimum absolute atomic E-state index is 0.169. The summed E-state index contributed by atoms with van der Waals surface area (Å²) in [6.45, 7) is 15.6. The van der Waals surface area contributed by atoms with Gasteiger partial charge in [0, 0.05) is 0 Å². The van der Waals surface area contributed by atoms with Gasteiger partial charge in [0.1, 0.15) is 0 Å². The zero-order valence-electron chi connectivity index (χ0n) is 17.5. The van der Waals surface area contributed by atoms with E-state index in [-0.39, 0.29) is 5.57 Å². The second kappa shape index (κ2) is 13.9. The van der Waals surface area contributed by atoms with Gasteiger partial charge in [-0.15, -0.1) is 0 Å². The van der Waals surface area contributed by atoms with E-state index in [1.807, 2.05) is 6.92 Å². The van der Waals surface area contributed by atoms with Crippen LogP contribution in [0.3, 0.4) is 0 Å². The molecule has 0 nitrogen and oxygen atoms in total. The third-order valence-corrected chi connectivity index (χ3v) is 3.20. The van der Waals surface area contributed by atoms with Crippen LogP contribution in [0.2, 0.25) is 0 Å². The maximum atomic E-state index is 11.8. The Morgan fingerprint density at radius 3 is 1.23 bits per heavy atom. The van der Waals surface area contributed by atoms with Crippen molar-refractivity contribution in [2.24, 2.45) is 10.8 Å². The van der Waals surface area contributed by atoms with E-state index in [4.69, 9.17) is 0 Å². The number of rotatable bonds is 3. The molecule has 0 aromatic rings. The van der Waals surface area contributed by atoms with Crippen molar-refractivity contribution < 1.29 is 26.3 Å². The van der Waals surface area contributed by atoms with Gasteiger partial charge in [0.15, 0.2) is 0 Å². The summed E-state index contributed by atoms with van der Waals surface area (Å²) >= 11 is 0. The molecule has 0 aliphatic carbocycles. The van der Waals surface area contributed by atoms with Crippen LogP contribution in [0.1, 0.15) is 81.6 Å². The van der Waals surface area contributed by atoms with Gasteiger partial charge in [-0.1, -0.05) is 61.8 Å². The molecule has 0 aromatic carbocycles. The molecule has 0 aliphatic rings. The SMILES string of the molecule is CC(=C(F)F)C(C)(C)C.CC(C)(C)C=C(F)F.CCCC(CC)=C(F)F. The lowest BCUT2D eigenvalue weighted by atomic mass is 9.89. The molecule has 0 heterocycles. The maximum Gasteiger partial charge on any atom is 0.269 e. The minimum atomic E-state index is -1.60. The molecular formula is C20H34F6. The topological polar surface area (TPSA) is 0 Å². The quantitative estimate of drug-likeness (QED) is 0.422. The zero-order chi connectivity index (χ0) is 21.7. The lowest BCUT2D eigenvalue weighted by molar-refractivity contribution is 0.371. The van der Waals surface area contributed by atoms with Gasteiger partial charge in [0.05, 0.1) is 0 Å². The van der Waals surface area contributed by atoms with E-state index in [0.29, 0.717) is 18.4 Å². The average Bonchev–Trinajstić information content (AvgIpc) is 2.41. The molecule has 26 heavy (non-hydrogen) atoms. The highest BCUT2D eigenvalue weighted by molar-refractivity contribution is 5.07. The summed E-state index contributed by atoms with van der Waals surface area (Å²) in [6.07, 6.45) is -1.87. The molecule has 0 rings (SSSR count). The van der Waals surface area contributed by atoms with Crippen LogP contribution in [-0.4, -0.2) is 0 Å². The Hall–Kier alpha value is -1.20. The fourth-order valence-corrected chi connectivity index (χ4v) is 1.32. The van der Waals surface area contributed by atoms with Crippen LogP contribution in [0.4, 0.5) is 26.3 Å². The van der Waals surface area contributed by atoms with Crippen LogP contribution in [0.25, 0.3) is 0 Å². The molecule has 0 aromatic heterocycles. The fourth-order valence-electron chi connectivity index (χ4n) is 1.32. The van der Waals surface area contributed by atoms with E-state index >= 15 is 0 Å². The van der Waals surface area contributed by atoms with Crippen LogP contribution < -0.4 is 0 Å². The van der Waals surface area contributed by atoms with Crippen molar-refractivity contribution >= 4 is 0 Å². The average molecular weight is 388 g/mol. The Bertz CT molecular complexity index is 462. The molecule has 0 unspecified atom stereocenters. The van der Waals surface area contributed by atoms with Gasteiger partial charge in [0.2, 0.25) is 0 Å². The molecule has 0 saturated heterocycles. The lowest BCUT2D eigenvalue weighted by Gasteiger charge is -2.17. The first-order valence-electron chi connectivity index (χ1n) is 8.58. The summed E-state index contributed by atoms with van der Waals surface area (Å²) in [6, 6.07) is 0. The normalized spacial score (nSPS) is 10.6. The van der Waals surface area contributed by atoms with Crippen molar-refractivity contribution in [2.75, 3.05) is 0 Å². The second-order valence-electron chi connectivity index (χ2n) is 7.90. The molecule has 0 amide bonds. The van der Waals surface area contributed by atoms with Crippen LogP contribution in [-0.2, 0) is 0 Å². The Balaban J connectivity index is -0.000000306. The van der Waals surface area contributed by atoms with E-state index in [1.165, 1.54) is 6.92 Å². The Morgan fingerprint density at radius 1 is 0.769 bits per heavy atom. The fraction of sp³-hybridized carbons (Fsp3) is 0.700. The Labute approximate surface area is 155 Å². The minimum Gasteiger partial charge on any atom is -0.174 e. The van der Waals surface area contributed by atoms with Crippen molar-refractivity contribution in [2.45, 2.75) is 81.6 Å². The van der Waals surface area contributed by atoms with Crippen LogP contribution in [0.15, 0.2) is 35.5 Å². The van der Waals surface area contributed by atoms with Crippen molar-refractivity contribution in [3.63, 3.8) is 0 Å². The van der Waals surface area contributed by atoms with E-state index < -0.39 is 29.1 Å². The lowest BCUT2D eigenvalue weighted by Crippen LogP contribution is -2.06. The summed E-state index contributed by atoms with van der Waals surface area (Å²) < 4.78 is 69.9. The third kappa shape index (κ3) is 20.8. The molecule has 0 N–H and O–H groups in total. The monoisotopic (exact) mass is 388 g/mol. The molecule has 6 heteroatoms. The Kier molecular flexibility index (Phi) is 15.8. The van der Waals surface area contributed by atoms with E-state index in [9.17, 15) is 26.3 Å². The first-order chi connectivity index (χ1) is 11.5. The first-order valence-corrected chi connectivity index (χ1v) is 8.58. The van der Waals surface area contributed by atoms with Gasteiger partial charge in [-0.2, -0.15) is 26.3 Å². The van der Waals surface area contributed by atoms with E-state index in [0.717, 1.165) is 12.5 Å². The van der Waals surface area contributed by atoms with E-state index in [1.54, 1.807) is 48.5 Å². The van der Waals surface area contributed by atoms with Crippen molar-refractivity contribution in [1.29, 1.82) is 0 Å². The molecule has 0 radical (unpaired) electrons. The Morgan fingerprint density at radius 2 is 1.19 bits per heavy atom. The molecule has 0 saturated carbocycles. The predicted octanol–water partition coefficient (Wildman–Crippen LogP) is 9.36. The van der Waals surface area contributed by atoms with Crippen LogP contribution in [0, 0.1) is 10.8 Å². The van der Waals surface area contributed by atoms with Gasteiger partial charge in [-0.05, 0) is 47.8 Å². The maximum absolute atomic E-state index is 11.8. The highest BCUT2D eigenvalue weighted by Crippen LogP contribution is 2.28. The number of hydrogen-bond donors (Lipinski definition) is 0. The molecule has 0 bridgehead atoms. The van der Waals surface area contributed by atoms with Gasteiger partial charge >= 0.3 is 0 Å². The van der Waals surface area contributed by atoms with E-state index in [2.05, 4.69) is 0 Å². The highest BCUT2D eigenvalue weighted by Gasteiger charge is 2.16. The summed E-state index contributed by atoms with van der Waals surface area (Å²) in [5.74, 6) is 0. The molecule has 156 valence electrons. The molecule has 0 aliphatic heterocycles. The second-order valence-corrected chi connectivity index (χ2v) is 7.90. The standard InChI is InChI=1S/2C7H12F2.C6H10F2/c1-5(6(8)9)7(2,3)4;1-3-5-6(4-2)7(8)9;1-6(2,3)4-5(7)8/h1-4H3;3-5H2,1-2H3;4H,1-3H3. The summed E-state index contributed by atoms with van der Waals surface area (Å²) in [5, 5.41) is 0. The molecule has 0 fully saturated rings. The predicted molar refractivity (Wildman–Crippen MR) is 98.6 cm³/mol. The van der Waals surface area contributed by atoms with Gasteiger partial charge in [-0.3, -0.25) is 0 Å². The molecule has 0 atom stereocenters. The van der Waals surface area contributed by atoms with Crippen molar-refractivity contribution in [3.8, 4) is 0 Å². The molecular weight excluding hydrogens is 354 g/mol. The summed E-state index contributed by atoms with van der Waals surface area (Å²) in [4.78, 5) is 0. The van der Waals surface area contributed by atoms with Crippen LogP contribution in [0.5, 0.6) is 0 Å². The first kappa shape index (κ1) is 29.6.